The molecule has 0 aliphatic heterocycles. The standard InChI is InChI=1S/C18H38O2Si/c1-15(2)12-19-21(13-16(3)4,14-17(5)6)20-18-10-8-7-9-11-18/h15-18H,7-14H2,1-6H3. The first-order chi connectivity index (χ1) is 9.83. The van der Waals surface area contributed by atoms with E-state index in [9.17, 15) is 0 Å². The van der Waals surface area contributed by atoms with Crippen LogP contribution in [0.4, 0.5) is 0 Å². The average molecular weight is 315 g/mol. The van der Waals surface area contributed by atoms with Crippen LogP contribution in [0.15, 0.2) is 0 Å². The molecule has 0 saturated heterocycles. The van der Waals surface area contributed by atoms with E-state index in [1.807, 2.05) is 0 Å². The number of hydrogen-bond donors (Lipinski definition) is 0. The van der Waals surface area contributed by atoms with Crippen LogP contribution < -0.4 is 0 Å². The van der Waals surface area contributed by atoms with Gasteiger partial charge in [-0.2, -0.15) is 0 Å². The van der Waals surface area contributed by atoms with Gasteiger partial charge in [0.1, 0.15) is 0 Å². The Bertz CT molecular complexity index is 260. The molecule has 1 fully saturated rings. The largest absolute Gasteiger partial charge is 0.394 e. The summed E-state index contributed by atoms with van der Waals surface area (Å²) in [5.74, 6) is 1.91. The molecule has 0 bridgehead atoms. The zero-order valence-electron chi connectivity index (χ0n) is 15.3. The van der Waals surface area contributed by atoms with Crippen LogP contribution >= 0.6 is 0 Å². The van der Waals surface area contributed by atoms with E-state index in [0.29, 0.717) is 23.9 Å². The Kier molecular flexibility index (Phi) is 8.51. The van der Waals surface area contributed by atoms with Crippen molar-refractivity contribution in [2.24, 2.45) is 17.8 Å². The van der Waals surface area contributed by atoms with Crippen molar-refractivity contribution < 1.29 is 8.85 Å². The lowest BCUT2D eigenvalue weighted by Crippen LogP contribution is -2.48. The van der Waals surface area contributed by atoms with Gasteiger partial charge < -0.3 is 8.85 Å². The lowest BCUT2D eigenvalue weighted by Gasteiger charge is -2.38. The summed E-state index contributed by atoms with van der Waals surface area (Å²) in [5, 5.41) is 0. The van der Waals surface area contributed by atoms with Crippen LogP contribution in [0.2, 0.25) is 12.1 Å². The predicted molar refractivity (Wildman–Crippen MR) is 93.8 cm³/mol. The molecular weight excluding hydrogens is 276 g/mol. The summed E-state index contributed by atoms with van der Waals surface area (Å²) in [6.45, 7) is 14.6. The van der Waals surface area contributed by atoms with Crippen LogP contribution in [-0.2, 0) is 8.85 Å². The molecule has 1 aliphatic carbocycles. The first-order valence-corrected chi connectivity index (χ1v) is 11.4. The summed E-state index contributed by atoms with van der Waals surface area (Å²) >= 11 is 0. The van der Waals surface area contributed by atoms with Gasteiger partial charge in [0.25, 0.3) is 0 Å². The van der Waals surface area contributed by atoms with Gasteiger partial charge in [0, 0.05) is 12.7 Å². The van der Waals surface area contributed by atoms with Crippen molar-refractivity contribution in [3.05, 3.63) is 0 Å². The second kappa shape index (κ2) is 9.31. The molecule has 3 heteroatoms. The molecule has 1 aliphatic rings. The maximum absolute atomic E-state index is 6.77. The summed E-state index contributed by atoms with van der Waals surface area (Å²) in [7, 11) is -2.07. The molecule has 0 atom stereocenters. The van der Waals surface area contributed by atoms with Crippen LogP contribution in [0, 0.1) is 17.8 Å². The Balaban J connectivity index is 2.79. The third-order valence-electron chi connectivity index (χ3n) is 4.05. The van der Waals surface area contributed by atoms with Crippen molar-refractivity contribution >= 4 is 8.56 Å². The lowest BCUT2D eigenvalue weighted by molar-refractivity contribution is 0.0753. The topological polar surface area (TPSA) is 18.5 Å². The zero-order chi connectivity index (χ0) is 15.9. The predicted octanol–water partition coefficient (Wildman–Crippen LogP) is 5.76. The highest BCUT2D eigenvalue weighted by atomic mass is 28.4. The monoisotopic (exact) mass is 314 g/mol. The average Bonchev–Trinajstić information content (AvgIpc) is 2.36. The Morgan fingerprint density at radius 3 is 1.76 bits per heavy atom. The Morgan fingerprint density at radius 2 is 1.33 bits per heavy atom. The maximum atomic E-state index is 6.77. The Hall–Kier alpha value is 0.137. The zero-order valence-corrected chi connectivity index (χ0v) is 16.3. The third-order valence-corrected chi connectivity index (χ3v) is 8.38. The first-order valence-electron chi connectivity index (χ1n) is 9.15. The van der Waals surface area contributed by atoms with Crippen LogP contribution in [-0.4, -0.2) is 21.3 Å². The van der Waals surface area contributed by atoms with Gasteiger partial charge in [-0.15, -0.1) is 0 Å². The molecular formula is C18H38O2Si. The molecule has 1 saturated carbocycles. The molecule has 0 radical (unpaired) electrons. The highest BCUT2D eigenvalue weighted by Gasteiger charge is 2.41. The van der Waals surface area contributed by atoms with E-state index in [1.165, 1.54) is 32.1 Å². The minimum atomic E-state index is -2.07. The van der Waals surface area contributed by atoms with Crippen molar-refractivity contribution in [3.63, 3.8) is 0 Å². The second-order valence-corrected chi connectivity index (χ2v) is 11.4. The summed E-state index contributed by atoms with van der Waals surface area (Å²) in [6, 6.07) is 2.29. The van der Waals surface area contributed by atoms with E-state index < -0.39 is 8.56 Å². The van der Waals surface area contributed by atoms with Gasteiger partial charge >= 0.3 is 8.56 Å². The molecule has 0 amide bonds. The van der Waals surface area contributed by atoms with Crippen molar-refractivity contribution in [3.8, 4) is 0 Å². The molecule has 21 heavy (non-hydrogen) atoms. The fourth-order valence-electron chi connectivity index (χ4n) is 3.38. The van der Waals surface area contributed by atoms with Crippen molar-refractivity contribution in [2.75, 3.05) is 6.61 Å². The van der Waals surface area contributed by atoms with E-state index in [0.717, 1.165) is 18.7 Å². The van der Waals surface area contributed by atoms with Gasteiger partial charge in [-0.3, -0.25) is 0 Å². The minimum absolute atomic E-state index is 0.468. The summed E-state index contributed by atoms with van der Waals surface area (Å²) in [4.78, 5) is 0. The molecule has 0 spiro atoms. The fraction of sp³-hybridized carbons (Fsp3) is 1.00. The van der Waals surface area contributed by atoms with Gasteiger partial charge in [0.2, 0.25) is 0 Å². The lowest BCUT2D eigenvalue weighted by atomic mass is 9.98. The maximum Gasteiger partial charge on any atom is 0.338 e. The summed E-state index contributed by atoms with van der Waals surface area (Å²) in [6.07, 6.45) is 7.02. The number of hydrogen-bond acceptors (Lipinski definition) is 2. The van der Waals surface area contributed by atoms with E-state index in [-0.39, 0.29) is 0 Å². The highest BCUT2D eigenvalue weighted by molar-refractivity contribution is 6.67. The van der Waals surface area contributed by atoms with Gasteiger partial charge in [-0.05, 0) is 42.7 Å². The van der Waals surface area contributed by atoms with E-state index in [2.05, 4.69) is 41.5 Å². The number of rotatable bonds is 9. The fourth-order valence-corrected chi connectivity index (χ4v) is 8.01. The van der Waals surface area contributed by atoms with Crippen molar-refractivity contribution in [1.29, 1.82) is 0 Å². The molecule has 0 heterocycles. The molecule has 0 N–H and O–H groups in total. The van der Waals surface area contributed by atoms with Gasteiger partial charge in [0.15, 0.2) is 0 Å². The first kappa shape index (κ1) is 19.2. The SMILES string of the molecule is CC(C)CO[Si](CC(C)C)(CC(C)C)OC1CCCCC1. The van der Waals surface area contributed by atoms with Gasteiger partial charge in [-0.25, -0.2) is 0 Å². The summed E-state index contributed by atoms with van der Waals surface area (Å²) < 4.78 is 13.3. The molecule has 1 rings (SSSR count). The van der Waals surface area contributed by atoms with Gasteiger partial charge in [0.05, 0.1) is 0 Å². The highest BCUT2D eigenvalue weighted by Crippen LogP contribution is 2.33. The molecule has 0 aromatic carbocycles. The van der Waals surface area contributed by atoms with Crippen LogP contribution in [0.1, 0.15) is 73.6 Å². The van der Waals surface area contributed by atoms with Crippen molar-refractivity contribution in [2.45, 2.75) is 91.8 Å². The third kappa shape index (κ3) is 7.80. The Labute approximate surface area is 134 Å². The van der Waals surface area contributed by atoms with Crippen molar-refractivity contribution in [1.82, 2.24) is 0 Å². The van der Waals surface area contributed by atoms with Gasteiger partial charge in [-0.1, -0.05) is 60.8 Å². The quantitative estimate of drug-likeness (QED) is 0.503. The molecule has 126 valence electrons. The Morgan fingerprint density at radius 1 is 0.810 bits per heavy atom. The normalized spacial score (nSPS) is 18.1. The smallest absolute Gasteiger partial charge is 0.338 e. The van der Waals surface area contributed by atoms with Crippen LogP contribution in [0.3, 0.4) is 0 Å². The van der Waals surface area contributed by atoms with E-state index in [1.54, 1.807) is 0 Å². The van der Waals surface area contributed by atoms with E-state index in [4.69, 9.17) is 8.85 Å². The molecule has 0 aromatic rings. The molecule has 0 unspecified atom stereocenters. The molecule has 0 aromatic heterocycles. The molecule has 2 nitrogen and oxygen atoms in total. The van der Waals surface area contributed by atoms with Crippen LogP contribution in [0.25, 0.3) is 0 Å². The minimum Gasteiger partial charge on any atom is -0.394 e. The second-order valence-electron chi connectivity index (χ2n) is 8.19. The van der Waals surface area contributed by atoms with E-state index >= 15 is 0 Å². The van der Waals surface area contributed by atoms with Crippen LogP contribution in [0.5, 0.6) is 0 Å². The summed E-state index contributed by atoms with van der Waals surface area (Å²) in [5.41, 5.74) is 0.